The predicted octanol–water partition coefficient (Wildman–Crippen LogP) is 5.25. The van der Waals surface area contributed by atoms with Gasteiger partial charge in [-0.25, -0.2) is 0 Å². The number of unbranched alkanes of at least 4 members (excludes halogenated alkanes) is 1. The Kier molecular flexibility index (Phi) is 8.27. The van der Waals surface area contributed by atoms with E-state index in [1.807, 2.05) is 0 Å². The Morgan fingerprint density at radius 1 is 1.11 bits per heavy atom. The normalized spacial score (nSPS) is 10.8. The minimum absolute atomic E-state index is 0.480. The summed E-state index contributed by atoms with van der Waals surface area (Å²) in [6, 6.07) is 14.7. The van der Waals surface area contributed by atoms with E-state index in [1.165, 1.54) is 24.1 Å². The number of hydrogen-bond acceptors (Lipinski definition) is 3. The maximum atomic E-state index is 5.32. The summed E-state index contributed by atoms with van der Waals surface area (Å²) in [5, 5.41) is 7.91. The third-order valence-corrected chi connectivity index (χ3v) is 4.64. The molecule has 0 amide bonds. The summed E-state index contributed by atoms with van der Waals surface area (Å²) in [5.74, 6) is 0. The van der Waals surface area contributed by atoms with E-state index in [1.54, 1.807) is 6.21 Å². The molecule has 27 heavy (non-hydrogen) atoms. The highest BCUT2D eigenvalue weighted by Gasteiger charge is 2.03. The molecule has 2 aromatic carbocycles. The second kappa shape index (κ2) is 10.7. The van der Waals surface area contributed by atoms with Gasteiger partial charge in [-0.05, 0) is 74.3 Å². The zero-order valence-corrected chi connectivity index (χ0v) is 17.6. The summed E-state index contributed by atoms with van der Waals surface area (Å²) in [6.07, 6.45) is 4.21. The van der Waals surface area contributed by atoms with Crippen molar-refractivity contribution in [2.45, 2.75) is 40.5 Å². The molecule has 2 aromatic rings. The average molecular weight is 383 g/mol. The molecule has 2 rings (SSSR count). The first kappa shape index (κ1) is 20.9. The molecule has 4 nitrogen and oxygen atoms in total. The molecule has 0 unspecified atom stereocenters. The highest BCUT2D eigenvalue weighted by molar-refractivity contribution is 7.80. The van der Waals surface area contributed by atoms with Crippen LogP contribution in [0.4, 0.5) is 11.4 Å². The highest BCUT2D eigenvalue weighted by Crippen LogP contribution is 2.16. The first-order valence-electron chi connectivity index (χ1n) is 9.55. The van der Waals surface area contributed by atoms with Gasteiger partial charge in [0.05, 0.1) is 6.21 Å². The van der Waals surface area contributed by atoms with E-state index in [-0.39, 0.29) is 0 Å². The minimum Gasteiger partial charge on any atom is -0.372 e. The van der Waals surface area contributed by atoms with E-state index in [0.717, 1.165) is 29.9 Å². The molecule has 0 radical (unpaired) electrons. The van der Waals surface area contributed by atoms with Gasteiger partial charge in [-0.2, -0.15) is 5.10 Å². The monoisotopic (exact) mass is 382 g/mol. The number of benzene rings is 2. The molecule has 0 aliphatic heterocycles. The average Bonchev–Trinajstić information content (AvgIpc) is 2.66. The topological polar surface area (TPSA) is 39.7 Å². The van der Waals surface area contributed by atoms with Crippen molar-refractivity contribution in [3.05, 3.63) is 59.2 Å². The van der Waals surface area contributed by atoms with Gasteiger partial charge >= 0.3 is 0 Å². The predicted molar refractivity (Wildman–Crippen MR) is 122 cm³/mol. The molecular formula is C22H30N4S. The Morgan fingerprint density at radius 3 is 2.52 bits per heavy atom. The molecule has 0 fully saturated rings. The first-order valence-corrected chi connectivity index (χ1v) is 9.96. The zero-order valence-electron chi connectivity index (χ0n) is 16.7. The van der Waals surface area contributed by atoms with Crippen LogP contribution in [0.1, 0.15) is 43.4 Å². The quantitative estimate of drug-likeness (QED) is 0.372. The molecule has 0 saturated carbocycles. The van der Waals surface area contributed by atoms with Crippen LogP contribution < -0.4 is 15.6 Å². The summed E-state index contributed by atoms with van der Waals surface area (Å²) >= 11 is 5.32. The van der Waals surface area contributed by atoms with Crippen LogP contribution in [-0.4, -0.2) is 24.4 Å². The van der Waals surface area contributed by atoms with Gasteiger partial charge < -0.3 is 10.2 Å². The molecule has 0 aromatic heterocycles. The third kappa shape index (κ3) is 6.68. The van der Waals surface area contributed by atoms with Gasteiger partial charge in [0.1, 0.15) is 0 Å². The molecule has 0 aliphatic carbocycles. The maximum Gasteiger partial charge on any atom is 0.191 e. The number of hydrazone groups is 1. The van der Waals surface area contributed by atoms with Crippen LogP contribution in [0.5, 0.6) is 0 Å². The van der Waals surface area contributed by atoms with Crippen molar-refractivity contribution < 1.29 is 0 Å². The van der Waals surface area contributed by atoms with Gasteiger partial charge in [-0.1, -0.05) is 37.6 Å². The fraction of sp³-hybridized carbons (Fsp3) is 0.364. The Hall–Kier alpha value is -2.40. The van der Waals surface area contributed by atoms with E-state index in [9.17, 15) is 0 Å². The number of aryl methyl sites for hydroxylation is 2. The lowest BCUT2D eigenvalue weighted by atomic mass is 10.1. The SMILES string of the molecule is CCCCN(CC)c1ccc(/C=N/NC(=S)Nc2cc(C)ccc2C)cc1. The summed E-state index contributed by atoms with van der Waals surface area (Å²) < 4.78 is 0. The van der Waals surface area contributed by atoms with Crippen LogP contribution >= 0.6 is 12.2 Å². The number of nitrogens with one attached hydrogen (secondary N) is 2. The number of rotatable bonds is 8. The van der Waals surface area contributed by atoms with Crippen LogP contribution in [0, 0.1) is 13.8 Å². The Bertz CT molecular complexity index is 768. The lowest BCUT2D eigenvalue weighted by Crippen LogP contribution is -2.24. The zero-order chi connectivity index (χ0) is 19.6. The fourth-order valence-corrected chi connectivity index (χ4v) is 2.94. The summed E-state index contributed by atoms with van der Waals surface area (Å²) in [6.45, 7) is 10.6. The largest absolute Gasteiger partial charge is 0.372 e. The smallest absolute Gasteiger partial charge is 0.191 e. The fourth-order valence-electron chi connectivity index (χ4n) is 2.78. The molecule has 0 heterocycles. The van der Waals surface area contributed by atoms with Crippen molar-refractivity contribution in [3.63, 3.8) is 0 Å². The summed E-state index contributed by atoms with van der Waals surface area (Å²) in [7, 11) is 0. The van der Waals surface area contributed by atoms with Crippen molar-refractivity contribution in [1.82, 2.24) is 5.43 Å². The first-order chi connectivity index (χ1) is 13.0. The molecular weight excluding hydrogens is 352 g/mol. The molecule has 2 N–H and O–H groups in total. The van der Waals surface area contributed by atoms with E-state index >= 15 is 0 Å². The Balaban J connectivity index is 1.90. The van der Waals surface area contributed by atoms with Gasteiger partial charge in [0, 0.05) is 24.5 Å². The van der Waals surface area contributed by atoms with Gasteiger partial charge in [0.25, 0.3) is 0 Å². The van der Waals surface area contributed by atoms with Gasteiger partial charge in [-0.15, -0.1) is 0 Å². The van der Waals surface area contributed by atoms with Crippen LogP contribution in [0.3, 0.4) is 0 Å². The second-order valence-electron chi connectivity index (χ2n) is 6.67. The van der Waals surface area contributed by atoms with Crippen LogP contribution in [0.25, 0.3) is 0 Å². The number of nitrogens with zero attached hydrogens (tertiary/aromatic N) is 2. The second-order valence-corrected chi connectivity index (χ2v) is 7.08. The van der Waals surface area contributed by atoms with Crippen LogP contribution in [0.2, 0.25) is 0 Å². The van der Waals surface area contributed by atoms with Gasteiger partial charge in [-0.3, -0.25) is 5.43 Å². The Labute approximate surface area is 168 Å². The molecule has 0 saturated heterocycles. The standard InChI is InChI=1S/C22H30N4S/c1-5-7-14-26(6-2)20-12-10-19(11-13-20)16-23-25-22(27)24-21-15-17(3)8-9-18(21)4/h8-13,15-16H,5-7,14H2,1-4H3,(H2,24,25,27)/b23-16+. The lowest BCUT2D eigenvalue weighted by molar-refractivity contribution is 0.732. The van der Waals surface area contributed by atoms with Gasteiger partial charge in [0.15, 0.2) is 5.11 Å². The molecule has 5 heteroatoms. The van der Waals surface area contributed by atoms with Crippen molar-refractivity contribution in [1.29, 1.82) is 0 Å². The summed E-state index contributed by atoms with van der Waals surface area (Å²) in [5.41, 5.74) is 8.50. The Morgan fingerprint density at radius 2 is 1.85 bits per heavy atom. The van der Waals surface area contributed by atoms with Crippen molar-refractivity contribution in [2.24, 2.45) is 5.10 Å². The van der Waals surface area contributed by atoms with Crippen molar-refractivity contribution in [2.75, 3.05) is 23.3 Å². The highest BCUT2D eigenvalue weighted by atomic mass is 32.1. The van der Waals surface area contributed by atoms with E-state index in [0.29, 0.717) is 5.11 Å². The molecule has 0 spiro atoms. The summed E-state index contributed by atoms with van der Waals surface area (Å²) in [4.78, 5) is 2.39. The molecule has 0 bridgehead atoms. The van der Waals surface area contributed by atoms with E-state index in [2.05, 4.69) is 90.9 Å². The minimum atomic E-state index is 0.480. The lowest BCUT2D eigenvalue weighted by Gasteiger charge is -2.22. The number of anilines is 2. The van der Waals surface area contributed by atoms with Gasteiger partial charge in [0.2, 0.25) is 0 Å². The molecule has 144 valence electrons. The molecule has 0 atom stereocenters. The van der Waals surface area contributed by atoms with Crippen LogP contribution in [-0.2, 0) is 0 Å². The van der Waals surface area contributed by atoms with Crippen molar-refractivity contribution >= 4 is 34.9 Å². The van der Waals surface area contributed by atoms with Crippen LogP contribution in [0.15, 0.2) is 47.6 Å². The van der Waals surface area contributed by atoms with Crippen molar-refractivity contribution in [3.8, 4) is 0 Å². The molecule has 0 aliphatic rings. The van der Waals surface area contributed by atoms with E-state index in [4.69, 9.17) is 12.2 Å². The number of thiocarbonyl (C=S) groups is 1. The van der Waals surface area contributed by atoms with E-state index < -0.39 is 0 Å². The number of hydrogen-bond donors (Lipinski definition) is 2. The maximum absolute atomic E-state index is 5.32. The third-order valence-electron chi connectivity index (χ3n) is 4.44.